The number of halogens is 1. The average Bonchev–Trinajstić information content (AvgIpc) is 2.76. The molecule has 1 aromatic rings. The molecule has 1 N–H and O–H groups in total. The molecule has 0 aliphatic heterocycles. The molecule has 120 valence electrons. The number of rotatable bonds is 6. The van der Waals surface area contributed by atoms with Crippen molar-refractivity contribution in [2.45, 2.75) is 78.4 Å². The number of nitrogens with zero attached hydrogens (tertiary/aromatic N) is 2. The van der Waals surface area contributed by atoms with Gasteiger partial charge in [-0.2, -0.15) is 5.10 Å². The third-order valence-corrected chi connectivity index (χ3v) is 6.02. The summed E-state index contributed by atoms with van der Waals surface area (Å²) < 4.78 is 3.09. The molecule has 0 spiro atoms. The SMILES string of the molecule is CCCC1CCC(C(O)Cc2c(Br)c(C)nn2CC)CC1. The lowest BCUT2D eigenvalue weighted by Crippen LogP contribution is -2.28. The van der Waals surface area contributed by atoms with E-state index in [9.17, 15) is 5.11 Å². The summed E-state index contributed by atoms with van der Waals surface area (Å²) in [4.78, 5) is 0. The third kappa shape index (κ3) is 4.10. The molecule has 1 heterocycles. The van der Waals surface area contributed by atoms with Crippen LogP contribution in [0.1, 0.15) is 63.8 Å². The molecule has 2 rings (SSSR count). The maximum absolute atomic E-state index is 10.6. The molecule has 1 aliphatic rings. The Hall–Kier alpha value is -0.350. The molecule has 0 saturated heterocycles. The van der Waals surface area contributed by atoms with Gasteiger partial charge in [0.2, 0.25) is 0 Å². The van der Waals surface area contributed by atoms with Crippen LogP contribution in [0.25, 0.3) is 0 Å². The normalized spacial score (nSPS) is 24.2. The van der Waals surface area contributed by atoms with Crippen LogP contribution in [0.4, 0.5) is 0 Å². The third-order valence-electron chi connectivity index (χ3n) is 4.99. The summed E-state index contributed by atoms with van der Waals surface area (Å²) in [7, 11) is 0. The summed E-state index contributed by atoms with van der Waals surface area (Å²) in [6, 6.07) is 0. The smallest absolute Gasteiger partial charge is 0.0738 e. The van der Waals surface area contributed by atoms with Crippen LogP contribution in [0.5, 0.6) is 0 Å². The highest BCUT2D eigenvalue weighted by Gasteiger charge is 2.27. The summed E-state index contributed by atoms with van der Waals surface area (Å²) in [5, 5.41) is 15.2. The Morgan fingerprint density at radius 2 is 1.95 bits per heavy atom. The van der Waals surface area contributed by atoms with Gasteiger partial charge in [0.05, 0.1) is 22.0 Å². The van der Waals surface area contributed by atoms with Gasteiger partial charge in [0, 0.05) is 13.0 Å². The van der Waals surface area contributed by atoms with Crippen LogP contribution in [0.3, 0.4) is 0 Å². The van der Waals surface area contributed by atoms with Gasteiger partial charge in [-0.15, -0.1) is 0 Å². The highest BCUT2D eigenvalue weighted by molar-refractivity contribution is 9.10. The molecule has 0 bridgehead atoms. The van der Waals surface area contributed by atoms with Crippen molar-refractivity contribution >= 4 is 15.9 Å². The average molecular weight is 357 g/mol. The van der Waals surface area contributed by atoms with Crippen LogP contribution >= 0.6 is 15.9 Å². The van der Waals surface area contributed by atoms with Crippen molar-refractivity contribution in [2.24, 2.45) is 11.8 Å². The molecule has 0 amide bonds. The Balaban J connectivity index is 1.95. The van der Waals surface area contributed by atoms with Crippen molar-refractivity contribution in [1.82, 2.24) is 9.78 Å². The lowest BCUT2D eigenvalue weighted by molar-refractivity contribution is 0.0710. The fraction of sp³-hybridized carbons (Fsp3) is 0.824. The van der Waals surface area contributed by atoms with Crippen molar-refractivity contribution in [3.8, 4) is 0 Å². The van der Waals surface area contributed by atoms with E-state index in [4.69, 9.17) is 0 Å². The Labute approximate surface area is 137 Å². The molecule has 1 fully saturated rings. The summed E-state index contributed by atoms with van der Waals surface area (Å²) in [6.45, 7) is 7.25. The van der Waals surface area contributed by atoms with Crippen LogP contribution in [0.15, 0.2) is 4.47 Å². The lowest BCUT2D eigenvalue weighted by Gasteiger charge is -2.31. The topological polar surface area (TPSA) is 38.1 Å². The van der Waals surface area contributed by atoms with Crippen LogP contribution in [0, 0.1) is 18.8 Å². The van der Waals surface area contributed by atoms with E-state index in [1.165, 1.54) is 38.5 Å². The number of hydrogen-bond acceptors (Lipinski definition) is 2. The van der Waals surface area contributed by atoms with Gasteiger partial charge in [0.15, 0.2) is 0 Å². The molecule has 21 heavy (non-hydrogen) atoms. The summed E-state index contributed by atoms with van der Waals surface area (Å²) in [6.07, 6.45) is 8.09. The molecular formula is C17H29BrN2O. The zero-order valence-corrected chi connectivity index (χ0v) is 15.2. The summed E-state index contributed by atoms with van der Waals surface area (Å²) in [5.74, 6) is 1.36. The first-order valence-corrected chi connectivity index (χ1v) is 9.25. The van der Waals surface area contributed by atoms with Gasteiger partial charge in [-0.1, -0.05) is 32.6 Å². The van der Waals surface area contributed by atoms with E-state index >= 15 is 0 Å². The monoisotopic (exact) mass is 356 g/mol. The lowest BCUT2D eigenvalue weighted by atomic mass is 9.77. The summed E-state index contributed by atoms with van der Waals surface area (Å²) in [5.41, 5.74) is 2.17. The number of aryl methyl sites for hydroxylation is 2. The van der Waals surface area contributed by atoms with E-state index in [1.807, 2.05) is 11.6 Å². The minimum atomic E-state index is -0.231. The predicted octanol–water partition coefficient (Wildman–Crippen LogP) is 4.48. The van der Waals surface area contributed by atoms with Crippen LogP contribution in [-0.4, -0.2) is 21.0 Å². The van der Waals surface area contributed by atoms with Gasteiger partial charge in [-0.05, 0) is 54.5 Å². The summed E-state index contributed by atoms with van der Waals surface area (Å²) >= 11 is 3.63. The molecule has 1 atom stereocenters. The molecule has 1 aromatic heterocycles. The minimum Gasteiger partial charge on any atom is -0.392 e. The molecule has 1 unspecified atom stereocenters. The number of aliphatic hydroxyl groups is 1. The first kappa shape index (κ1) is 17.0. The standard InChI is InChI=1S/C17H29BrN2O/c1-4-6-13-7-9-14(10-8-13)16(21)11-15-17(18)12(3)19-20(15)5-2/h13-14,16,21H,4-11H2,1-3H3. The van der Waals surface area contributed by atoms with E-state index < -0.39 is 0 Å². The first-order valence-electron chi connectivity index (χ1n) is 8.46. The highest BCUT2D eigenvalue weighted by Crippen LogP contribution is 2.34. The van der Waals surface area contributed by atoms with E-state index in [0.29, 0.717) is 5.92 Å². The first-order chi connectivity index (χ1) is 10.1. The van der Waals surface area contributed by atoms with Gasteiger partial charge in [0.25, 0.3) is 0 Å². The van der Waals surface area contributed by atoms with Crippen LogP contribution in [0.2, 0.25) is 0 Å². The van der Waals surface area contributed by atoms with Crippen molar-refractivity contribution in [1.29, 1.82) is 0 Å². The molecule has 1 saturated carbocycles. The Kier molecular flexibility index (Phi) is 6.30. The maximum Gasteiger partial charge on any atom is 0.0738 e. The Morgan fingerprint density at radius 1 is 1.29 bits per heavy atom. The van der Waals surface area contributed by atoms with Crippen molar-refractivity contribution in [3.05, 3.63) is 15.9 Å². The largest absolute Gasteiger partial charge is 0.392 e. The van der Waals surface area contributed by atoms with Crippen molar-refractivity contribution in [3.63, 3.8) is 0 Å². The van der Waals surface area contributed by atoms with Gasteiger partial charge in [-0.25, -0.2) is 0 Å². The Bertz CT molecular complexity index is 450. The fourth-order valence-electron chi connectivity index (χ4n) is 3.70. The number of aliphatic hydroxyl groups excluding tert-OH is 1. The van der Waals surface area contributed by atoms with E-state index in [2.05, 4.69) is 34.9 Å². The predicted molar refractivity (Wildman–Crippen MR) is 90.4 cm³/mol. The zero-order valence-electron chi connectivity index (χ0n) is 13.6. The molecule has 3 nitrogen and oxygen atoms in total. The second kappa shape index (κ2) is 7.77. The molecule has 1 aliphatic carbocycles. The minimum absolute atomic E-state index is 0.231. The molecular weight excluding hydrogens is 328 g/mol. The highest BCUT2D eigenvalue weighted by atomic mass is 79.9. The molecule has 0 aromatic carbocycles. The van der Waals surface area contributed by atoms with Gasteiger partial charge in [-0.3, -0.25) is 4.68 Å². The van der Waals surface area contributed by atoms with E-state index in [-0.39, 0.29) is 6.10 Å². The van der Waals surface area contributed by atoms with E-state index in [0.717, 1.165) is 34.7 Å². The maximum atomic E-state index is 10.6. The van der Waals surface area contributed by atoms with Crippen molar-refractivity contribution in [2.75, 3.05) is 0 Å². The quantitative estimate of drug-likeness (QED) is 0.815. The van der Waals surface area contributed by atoms with Crippen LogP contribution in [-0.2, 0) is 13.0 Å². The zero-order chi connectivity index (χ0) is 15.4. The van der Waals surface area contributed by atoms with Gasteiger partial charge < -0.3 is 5.11 Å². The van der Waals surface area contributed by atoms with Gasteiger partial charge >= 0.3 is 0 Å². The second-order valence-corrected chi connectivity index (χ2v) is 7.30. The fourth-order valence-corrected chi connectivity index (χ4v) is 4.14. The second-order valence-electron chi connectivity index (χ2n) is 6.50. The number of aromatic nitrogens is 2. The Morgan fingerprint density at radius 3 is 2.52 bits per heavy atom. The molecule has 4 heteroatoms. The van der Waals surface area contributed by atoms with Crippen LogP contribution < -0.4 is 0 Å². The molecule has 0 radical (unpaired) electrons. The van der Waals surface area contributed by atoms with Crippen molar-refractivity contribution < 1.29 is 5.11 Å². The van der Waals surface area contributed by atoms with E-state index in [1.54, 1.807) is 0 Å². The number of hydrogen-bond donors (Lipinski definition) is 1. The van der Waals surface area contributed by atoms with Gasteiger partial charge in [0.1, 0.15) is 0 Å².